The molecule has 0 heterocycles. The van der Waals surface area contributed by atoms with Crippen molar-refractivity contribution in [2.45, 2.75) is 45.1 Å². The van der Waals surface area contributed by atoms with Gasteiger partial charge in [0.05, 0.1) is 32.7 Å². The molecule has 1 aromatic rings. The number of rotatable bonds is 25. The maximum atomic E-state index is 12.3. The molecule has 0 aliphatic carbocycles. The van der Waals surface area contributed by atoms with Crippen LogP contribution in [-0.2, 0) is 40.0 Å². The Morgan fingerprint density at radius 2 is 1.17 bits per heavy atom. The van der Waals surface area contributed by atoms with E-state index in [9.17, 15) is 48.9 Å². The lowest BCUT2D eigenvalue weighted by Crippen LogP contribution is -2.51. The van der Waals surface area contributed by atoms with Crippen LogP contribution in [0, 0.1) is 0 Å². The highest BCUT2D eigenvalue weighted by atomic mass is 16.4. The van der Waals surface area contributed by atoms with Crippen LogP contribution in [0.2, 0.25) is 0 Å². The number of carboxylic acid groups (broad SMARTS) is 5. The van der Waals surface area contributed by atoms with Crippen molar-refractivity contribution in [3.05, 3.63) is 29.8 Å². The number of hydrogen-bond donors (Lipinski definition) is 7. The molecule has 0 fully saturated rings. The Morgan fingerprint density at radius 3 is 1.67 bits per heavy atom. The summed E-state index contributed by atoms with van der Waals surface area (Å²) in [5, 5.41) is 52.1. The minimum absolute atomic E-state index is 0.0904. The summed E-state index contributed by atoms with van der Waals surface area (Å²) in [6, 6.07) is 5.75. The number of anilines is 1. The van der Waals surface area contributed by atoms with Crippen molar-refractivity contribution in [2.75, 3.05) is 64.2 Å². The second-order valence-electron chi connectivity index (χ2n) is 10.7. The molecule has 0 saturated carbocycles. The first-order valence-electron chi connectivity index (χ1n) is 14.6. The quantitative estimate of drug-likeness (QED) is 0.0661. The van der Waals surface area contributed by atoms with Gasteiger partial charge in [0, 0.05) is 51.3 Å². The number of nitrogens with zero attached hydrogens (tertiary/aromatic N) is 3. The standard InChI is InChI=1S/C29H43N5O12/c1-20(35)30-10-4-2-3-5-24(36)31-22-8-6-21(7-9-22)13-23(34(18-28(43)44)19-29(45)46)14-32(15-25(37)38)11-12-33(16-26(39)40)17-27(41)42/h6-9,23H,2-5,10-19H2,1H3,(H,30,35)(H,31,36)(H,37,38)(H,39,40)(H,41,42)(H,43,44)(H,45,46). The number of nitrogens with one attached hydrogen (secondary N) is 2. The van der Waals surface area contributed by atoms with Gasteiger partial charge in [0.15, 0.2) is 0 Å². The van der Waals surface area contributed by atoms with Gasteiger partial charge in [0.1, 0.15) is 0 Å². The molecule has 0 aromatic heterocycles. The van der Waals surface area contributed by atoms with E-state index in [1.54, 1.807) is 24.3 Å². The molecule has 0 saturated heterocycles. The van der Waals surface area contributed by atoms with Crippen LogP contribution in [0.5, 0.6) is 0 Å². The topological polar surface area (TPSA) is 254 Å². The van der Waals surface area contributed by atoms with Crippen LogP contribution in [0.25, 0.3) is 0 Å². The van der Waals surface area contributed by atoms with Gasteiger partial charge in [0.25, 0.3) is 0 Å². The molecule has 0 spiro atoms. The van der Waals surface area contributed by atoms with Crippen LogP contribution in [0.1, 0.15) is 38.2 Å². The van der Waals surface area contributed by atoms with Crippen LogP contribution in [0.15, 0.2) is 24.3 Å². The predicted octanol–water partition coefficient (Wildman–Crippen LogP) is -0.438. The van der Waals surface area contributed by atoms with Crippen molar-refractivity contribution in [3.63, 3.8) is 0 Å². The molecule has 1 unspecified atom stereocenters. The number of carbonyl (C=O) groups excluding carboxylic acids is 2. The van der Waals surface area contributed by atoms with E-state index in [-0.39, 0.29) is 44.3 Å². The first-order chi connectivity index (χ1) is 21.6. The molecule has 2 amide bonds. The van der Waals surface area contributed by atoms with Gasteiger partial charge < -0.3 is 36.2 Å². The predicted molar refractivity (Wildman–Crippen MR) is 162 cm³/mol. The zero-order valence-corrected chi connectivity index (χ0v) is 25.7. The second-order valence-corrected chi connectivity index (χ2v) is 10.7. The minimum Gasteiger partial charge on any atom is -0.480 e. The summed E-state index contributed by atoms with van der Waals surface area (Å²) >= 11 is 0. The molecular formula is C29H43N5O12. The fraction of sp³-hybridized carbons (Fsp3) is 0.552. The Balaban J connectivity index is 3.06. The van der Waals surface area contributed by atoms with Crippen molar-refractivity contribution in [2.24, 2.45) is 0 Å². The second kappa shape index (κ2) is 21.2. The molecule has 17 heteroatoms. The van der Waals surface area contributed by atoms with Gasteiger partial charge in [0.2, 0.25) is 11.8 Å². The van der Waals surface area contributed by atoms with Crippen molar-refractivity contribution in [1.29, 1.82) is 0 Å². The lowest BCUT2D eigenvalue weighted by atomic mass is 10.0. The largest absolute Gasteiger partial charge is 0.480 e. The van der Waals surface area contributed by atoms with Crippen LogP contribution in [-0.4, -0.2) is 147 Å². The average Bonchev–Trinajstić information content (AvgIpc) is 2.92. The Morgan fingerprint density at radius 1 is 0.674 bits per heavy atom. The molecule has 0 bridgehead atoms. The Hall–Kier alpha value is -4.61. The highest BCUT2D eigenvalue weighted by Crippen LogP contribution is 2.16. The monoisotopic (exact) mass is 653 g/mol. The summed E-state index contributed by atoms with van der Waals surface area (Å²) in [6.45, 7) is -1.51. The molecule has 1 rings (SSSR count). The summed E-state index contributed by atoms with van der Waals surface area (Å²) in [7, 11) is 0. The van der Waals surface area contributed by atoms with Gasteiger partial charge in [-0.15, -0.1) is 0 Å². The molecule has 1 atom stereocenters. The lowest BCUT2D eigenvalue weighted by Gasteiger charge is -2.34. The van der Waals surface area contributed by atoms with E-state index < -0.39 is 68.6 Å². The van der Waals surface area contributed by atoms with E-state index in [0.29, 0.717) is 24.2 Å². The van der Waals surface area contributed by atoms with Gasteiger partial charge >= 0.3 is 29.8 Å². The van der Waals surface area contributed by atoms with E-state index >= 15 is 0 Å². The molecule has 46 heavy (non-hydrogen) atoms. The van der Waals surface area contributed by atoms with Gasteiger partial charge in [-0.25, -0.2) is 0 Å². The van der Waals surface area contributed by atoms with Crippen molar-refractivity contribution in [1.82, 2.24) is 20.0 Å². The van der Waals surface area contributed by atoms with Gasteiger partial charge in [-0.05, 0) is 37.0 Å². The number of amides is 2. The molecule has 7 N–H and O–H groups in total. The Kier molecular flexibility index (Phi) is 18.2. The molecule has 1 aromatic carbocycles. The number of benzene rings is 1. The van der Waals surface area contributed by atoms with Gasteiger partial charge in [-0.2, -0.15) is 0 Å². The van der Waals surface area contributed by atoms with Crippen LogP contribution >= 0.6 is 0 Å². The van der Waals surface area contributed by atoms with E-state index in [2.05, 4.69) is 10.6 Å². The van der Waals surface area contributed by atoms with E-state index in [1.807, 2.05) is 0 Å². The summed E-state index contributed by atoms with van der Waals surface area (Å²) < 4.78 is 0. The van der Waals surface area contributed by atoms with E-state index in [4.69, 9.17) is 10.2 Å². The first kappa shape index (κ1) is 39.4. The van der Waals surface area contributed by atoms with E-state index in [0.717, 1.165) is 17.7 Å². The fourth-order valence-electron chi connectivity index (χ4n) is 4.65. The Labute approximate surface area is 265 Å². The maximum Gasteiger partial charge on any atom is 0.317 e. The smallest absolute Gasteiger partial charge is 0.317 e. The van der Waals surface area contributed by atoms with Gasteiger partial charge in [-0.1, -0.05) is 18.6 Å². The van der Waals surface area contributed by atoms with Crippen molar-refractivity contribution in [3.8, 4) is 0 Å². The summed E-state index contributed by atoms with van der Waals surface area (Å²) in [5.74, 6) is -6.75. The number of hydrogen-bond acceptors (Lipinski definition) is 10. The first-order valence-corrected chi connectivity index (χ1v) is 14.6. The Bertz CT molecular complexity index is 1160. The summed E-state index contributed by atoms with van der Waals surface area (Å²) in [6.07, 6.45) is 2.50. The minimum atomic E-state index is -1.31. The molecule has 0 radical (unpaired) electrons. The zero-order chi connectivity index (χ0) is 34.6. The molecule has 256 valence electrons. The summed E-state index contributed by atoms with van der Waals surface area (Å²) in [4.78, 5) is 84.1. The number of unbranched alkanes of at least 4 members (excludes halogenated alkanes) is 2. The highest BCUT2D eigenvalue weighted by Gasteiger charge is 2.27. The SMILES string of the molecule is CC(=O)NCCCCCC(=O)Nc1ccc(CC(CN(CCN(CC(=O)O)CC(=O)O)CC(=O)O)N(CC(=O)O)CC(=O)O)cc1. The lowest BCUT2D eigenvalue weighted by molar-refractivity contribution is -0.144. The van der Waals surface area contributed by atoms with Crippen LogP contribution in [0.4, 0.5) is 5.69 Å². The maximum absolute atomic E-state index is 12.3. The van der Waals surface area contributed by atoms with Gasteiger partial charge in [-0.3, -0.25) is 48.3 Å². The normalized spacial score (nSPS) is 11.7. The highest BCUT2D eigenvalue weighted by molar-refractivity contribution is 5.90. The third-order valence-electron chi connectivity index (χ3n) is 6.63. The average molecular weight is 654 g/mol. The molecule has 17 nitrogen and oxygen atoms in total. The van der Waals surface area contributed by atoms with Crippen LogP contribution in [0.3, 0.4) is 0 Å². The van der Waals surface area contributed by atoms with E-state index in [1.165, 1.54) is 16.7 Å². The number of carbonyl (C=O) groups is 7. The molecule has 0 aliphatic heterocycles. The van der Waals surface area contributed by atoms with Crippen molar-refractivity contribution < 1.29 is 59.1 Å². The number of carboxylic acids is 5. The van der Waals surface area contributed by atoms with Crippen molar-refractivity contribution >= 4 is 47.3 Å². The molecular weight excluding hydrogens is 610 g/mol. The molecule has 0 aliphatic rings. The third-order valence-corrected chi connectivity index (χ3v) is 6.63. The zero-order valence-electron chi connectivity index (χ0n) is 25.7. The number of aliphatic carboxylic acids is 5. The van der Waals surface area contributed by atoms with Crippen LogP contribution < -0.4 is 10.6 Å². The summed E-state index contributed by atoms with van der Waals surface area (Å²) in [5.41, 5.74) is 1.14. The third kappa shape index (κ3) is 18.9. The fourth-order valence-corrected chi connectivity index (χ4v) is 4.65.